The van der Waals surface area contributed by atoms with Crippen LogP contribution in [0.25, 0.3) is 0 Å². The number of aromatic nitrogens is 2. The highest BCUT2D eigenvalue weighted by molar-refractivity contribution is 6.32. The summed E-state index contributed by atoms with van der Waals surface area (Å²) in [4.78, 5) is 12.0. The maximum absolute atomic E-state index is 12.0. The lowest BCUT2D eigenvalue weighted by molar-refractivity contribution is -0.121. The van der Waals surface area contributed by atoms with Gasteiger partial charge >= 0.3 is 0 Å². The van der Waals surface area contributed by atoms with Crippen LogP contribution in [0, 0.1) is 12.8 Å². The van der Waals surface area contributed by atoms with Gasteiger partial charge in [-0.2, -0.15) is 5.10 Å². The number of nitrogens with one attached hydrogen (secondary N) is 1. The number of nitrogens with zero attached hydrogens (tertiary/aromatic N) is 2. The predicted molar refractivity (Wildman–Crippen MR) is 62.6 cm³/mol. The third-order valence-electron chi connectivity index (χ3n) is 3.12. The topological polar surface area (TPSA) is 46.9 Å². The molecular formula is C11H16ClN3O. The van der Waals surface area contributed by atoms with Crippen LogP contribution < -0.4 is 5.32 Å². The fourth-order valence-electron chi connectivity index (χ4n) is 2.11. The summed E-state index contributed by atoms with van der Waals surface area (Å²) in [5.74, 6) is 0.404. The summed E-state index contributed by atoms with van der Waals surface area (Å²) in [5, 5.41) is 8.03. The molecule has 1 aromatic heterocycles. The van der Waals surface area contributed by atoms with E-state index in [0.29, 0.717) is 11.4 Å². The summed E-state index contributed by atoms with van der Waals surface area (Å²) >= 11 is 6.11. The van der Waals surface area contributed by atoms with Crippen molar-refractivity contribution in [3.05, 3.63) is 16.4 Å². The normalized spacial score (nSPS) is 20.3. The molecule has 0 spiro atoms. The Bertz CT molecular complexity index is 408. The molecule has 0 bridgehead atoms. The minimum Gasteiger partial charge on any atom is -0.316 e. The van der Waals surface area contributed by atoms with Gasteiger partial charge in [0.25, 0.3) is 0 Å². The maximum Gasteiger partial charge on any atom is 0.143 e. The molecule has 1 N–H and O–H groups in total. The average molecular weight is 242 g/mol. The van der Waals surface area contributed by atoms with Gasteiger partial charge in [0.1, 0.15) is 5.78 Å². The summed E-state index contributed by atoms with van der Waals surface area (Å²) in [6.07, 6.45) is 1.33. The number of carbonyl (C=O) groups excluding carboxylic acids is 1. The molecule has 4 nitrogen and oxygen atoms in total. The van der Waals surface area contributed by atoms with Crippen molar-refractivity contribution in [3.8, 4) is 0 Å². The number of carbonyl (C=O) groups is 1. The second kappa shape index (κ2) is 4.55. The lowest BCUT2D eigenvalue weighted by Gasteiger charge is -2.07. The zero-order valence-corrected chi connectivity index (χ0v) is 10.3. The van der Waals surface area contributed by atoms with E-state index in [0.717, 1.165) is 30.9 Å². The first-order valence-corrected chi connectivity index (χ1v) is 5.88. The van der Waals surface area contributed by atoms with E-state index in [1.54, 1.807) is 4.68 Å². The van der Waals surface area contributed by atoms with E-state index in [2.05, 4.69) is 10.4 Å². The first-order valence-electron chi connectivity index (χ1n) is 5.51. The van der Waals surface area contributed by atoms with E-state index >= 15 is 0 Å². The highest BCUT2D eigenvalue weighted by Gasteiger charge is 2.24. The van der Waals surface area contributed by atoms with Crippen LogP contribution in [0.2, 0.25) is 5.02 Å². The quantitative estimate of drug-likeness (QED) is 0.862. The van der Waals surface area contributed by atoms with Crippen molar-refractivity contribution in [2.24, 2.45) is 13.0 Å². The smallest absolute Gasteiger partial charge is 0.143 e. The Labute approximate surface area is 100.0 Å². The second-order valence-corrected chi connectivity index (χ2v) is 4.68. The molecule has 1 fully saturated rings. The standard InChI is InChI=1S/C11H16ClN3O/c1-7-11(12)9(15(2)14-7)5-10(16)8-3-4-13-6-8/h8,13H,3-6H2,1-2H3. The molecule has 0 saturated carbocycles. The number of Topliss-reactive ketones (excluding diaryl/α,β-unsaturated/α-hetero) is 1. The lowest BCUT2D eigenvalue weighted by Crippen LogP contribution is -2.20. The molecule has 0 aromatic carbocycles. The molecule has 1 unspecified atom stereocenters. The van der Waals surface area contributed by atoms with Crippen LogP contribution in [-0.2, 0) is 18.3 Å². The zero-order valence-electron chi connectivity index (χ0n) is 9.59. The molecule has 2 rings (SSSR count). The molecular weight excluding hydrogens is 226 g/mol. The van der Waals surface area contributed by atoms with Crippen LogP contribution in [0.5, 0.6) is 0 Å². The highest BCUT2D eigenvalue weighted by Crippen LogP contribution is 2.22. The van der Waals surface area contributed by atoms with Crippen LogP contribution >= 0.6 is 11.6 Å². The second-order valence-electron chi connectivity index (χ2n) is 4.30. The van der Waals surface area contributed by atoms with E-state index in [9.17, 15) is 4.79 Å². The van der Waals surface area contributed by atoms with E-state index in [1.807, 2.05) is 14.0 Å². The summed E-state index contributed by atoms with van der Waals surface area (Å²) in [7, 11) is 1.83. The number of halogens is 1. The summed E-state index contributed by atoms with van der Waals surface area (Å²) < 4.78 is 1.71. The van der Waals surface area contributed by atoms with Crippen molar-refractivity contribution in [1.29, 1.82) is 0 Å². The minimum atomic E-state index is 0.145. The number of hydrogen-bond donors (Lipinski definition) is 1. The lowest BCUT2D eigenvalue weighted by atomic mass is 9.99. The molecule has 5 heteroatoms. The zero-order chi connectivity index (χ0) is 11.7. The first kappa shape index (κ1) is 11.6. The number of ketones is 1. The molecule has 0 radical (unpaired) electrons. The van der Waals surface area contributed by atoms with Gasteiger partial charge in [0, 0.05) is 19.5 Å². The maximum atomic E-state index is 12.0. The van der Waals surface area contributed by atoms with Gasteiger partial charge in [-0.3, -0.25) is 9.48 Å². The number of rotatable bonds is 3. The molecule has 1 aliphatic heterocycles. The van der Waals surface area contributed by atoms with Gasteiger partial charge in [0.15, 0.2) is 0 Å². The van der Waals surface area contributed by atoms with E-state index in [4.69, 9.17) is 11.6 Å². The SMILES string of the molecule is Cc1nn(C)c(CC(=O)C2CCNC2)c1Cl. The summed E-state index contributed by atoms with van der Waals surface area (Å²) in [5.41, 5.74) is 1.62. The average Bonchev–Trinajstić information content (AvgIpc) is 2.83. The van der Waals surface area contributed by atoms with Gasteiger partial charge in [0.05, 0.1) is 22.8 Å². The Kier molecular flexibility index (Phi) is 3.30. The largest absolute Gasteiger partial charge is 0.316 e. The van der Waals surface area contributed by atoms with Gasteiger partial charge in [-0.15, -0.1) is 0 Å². The Hall–Kier alpha value is -0.870. The fourth-order valence-corrected chi connectivity index (χ4v) is 2.34. The van der Waals surface area contributed by atoms with Crippen LogP contribution in [-0.4, -0.2) is 28.7 Å². The van der Waals surface area contributed by atoms with Gasteiger partial charge in [0.2, 0.25) is 0 Å². The monoisotopic (exact) mass is 241 g/mol. The number of hydrogen-bond acceptors (Lipinski definition) is 3. The minimum absolute atomic E-state index is 0.145. The molecule has 16 heavy (non-hydrogen) atoms. The van der Waals surface area contributed by atoms with Crippen LogP contribution in [0.1, 0.15) is 17.8 Å². The van der Waals surface area contributed by atoms with Crippen LogP contribution in [0.3, 0.4) is 0 Å². The van der Waals surface area contributed by atoms with Crippen molar-refractivity contribution >= 4 is 17.4 Å². The van der Waals surface area contributed by atoms with Crippen molar-refractivity contribution in [3.63, 3.8) is 0 Å². The van der Waals surface area contributed by atoms with Crippen molar-refractivity contribution in [2.45, 2.75) is 19.8 Å². The Balaban J connectivity index is 2.11. The molecule has 1 saturated heterocycles. The molecule has 2 heterocycles. The summed E-state index contributed by atoms with van der Waals surface area (Å²) in [6.45, 7) is 3.59. The van der Waals surface area contributed by atoms with Gasteiger partial charge < -0.3 is 5.32 Å². The fraction of sp³-hybridized carbons (Fsp3) is 0.636. The molecule has 1 aliphatic rings. The third kappa shape index (κ3) is 2.13. The molecule has 88 valence electrons. The Morgan fingerprint density at radius 1 is 1.69 bits per heavy atom. The van der Waals surface area contributed by atoms with Crippen molar-refractivity contribution in [1.82, 2.24) is 15.1 Å². The van der Waals surface area contributed by atoms with Crippen molar-refractivity contribution in [2.75, 3.05) is 13.1 Å². The van der Waals surface area contributed by atoms with E-state index in [-0.39, 0.29) is 11.7 Å². The first-order chi connectivity index (χ1) is 7.59. The van der Waals surface area contributed by atoms with E-state index in [1.165, 1.54) is 0 Å². The van der Waals surface area contributed by atoms with Gasteiger partial charge in [-0.25, -0.2) is 0 Å². The molecule has 1 atom stereocenters. The predicted octanol–water partition coefficient (Wildman–Crippen LogP) is 1.10. The van der Waals surface area contributed by atoms with Gasteiger partial charge in [-0.1, -0.05) is 11.6 Å². The Morgan fingerprint density at radius 2 is 2.44 bits per heavy atom. The molecule has 0 aliphatic carbocycles. The highest BCUT2D eigenvalue weighted by atomic mass is 35.5. The Morgan fingerprint density at radius 3 is 2.94 bits per heavy atom. The van der Waals surface area contributed by atoms with Crippen LogP contribution in [0.4, 0.5) is 0 Å². The van der Waals surface area contributed by atoms with E-state index < -0.39 is 0 Å². The van der Waals surface area contributed by atoms with Crippen LogP contribution in [0.15, 0.2) is 0 Å². The van der Waals surface area contributed by atoms with Crippen molar-refractivity contribution < 1.29 is 4.79 Å². The number of aryl methyl sites for hydroxylation is 2. The third-order valence-corrected chi connectivity index (χ3v) is 3.61. The molecule has 1 aromatic rings. The summed E-state index contributed by atoms with van der Waals surface area (Å²) in [6, 6.07) is 0. The van der Waals surface area contributed by atoms with Gasteiger partial charge in [-0.05, 0) is 19.9 Å². The molecule has 0 amide bonds.